The Balaban J connectivity index is 0.000000100. The van der Waals surface area contributed by atoms with E-state index in [0.717, 1.165) is 0 Å². The van der Waals surface area contributed by atoms with Gasteiger partial charge in [-0.3, -0.25) is 0 Å². The summed E-state index contributed by atoms with van der Waals surface area (Å²) in [5.74, 6) is 0. The average molecular weight is 1030 g/mol. The summed E-state index contributed by atoms with van der Waals surface area (Å²) in [6, 6.07) is 99.7. The molecule has 6 heterocycles. The van der Waals surface area contributed by atoms with Gasteiger partial charge in [-0.25, -0.2) is 0 Å². The minimum Gasteiger partial charge on any atom is -0.312 e. The van der Waals surface area contributed by atoms with E-state index in [4.69, 9.17) is 0 Å². The average Bonchev–Trinajstić information content (AvgIpc) is 4.40. The molecule has 0 aromatic heterocycles. The van der Waals surface area contributed by atoms with E-state index in [1.165, 1.54) is 150 Å². The molecule has 18 rings (SSSR count). The first-order chi connectivity index (χ1) is 40.0. The van der Waals surface area contributed by atoms with E-state index in [2.05, 4.69) is 308 Å². The summed E-state index contributed by atoms with van der Waals surface area (Å²) in [7, 11) is 0. The van der Waals surface area contributed by atoms with E-state index in [1.807, 2.05) is 0 Å². The topological polar surface area (TPSA) is 9.72 Å². The Morgan fingerprint density at radius 1 is 0.235 bits per heavy atom. The molecule has 3 nitrogen and oxygen atoms in total. The molecule has 0 aliphatic carbocycles. The van der Waals surface area contributed by atoms with Gasteiger partial charge in [0.2, 0.25) is 20.1 Å². The number of anilines is 9. The lowest BCUT2D eigenvalue weighted by Gasteiger charge is -2.37. The Hall–Kier alpha value is -9.77. The molecule has 6 heteroatoms. The molecular weight excluding hydrogens is 975 g/mol. The van der Waals surface area contributed by atoms with Gasteiger partial charge in [-0.1, -0.05) is 228 Å². The van der Waals surface area contributed by atoms with Gasteiger partial charge in [0.25, 0.3) is 0 Å². The number of benzene rings is 12. The number of hydrogen-bond donors (Lipinski definition) is 0. The third-order valence-electron chi connectivity index (χ3n) is 17.9. The highest BCUT2D eigenvalue weighted by atomic mass is 15.2. The van der Waals surface area contributed by atoms with Crippen molar-refractivity contribution in [3.8, 4) is 33.4 Å². The third-order valence-corrected chi connectivity index (χ3v) is 17.9. The first kappa shape index (κ1) is 47.3. The number of nitrogens with zero attached hydrogens (tertiary/aromatic N) is 3. The van der Waals surface area contributed by atoms with Gasteiger partial charge in [-0.2, -0.15) is 0 Å². The quantitative estimate of drug-likeness (QED) is 0.163. The Bertz CT molecular complexity index is 4500. The normalized spacial score (nSPS) is 13.2. The Kier molecular flexibility index (Phi) is 10.9. The zero-order valence-corrected chi connectivity index (χ0v) is 45.6. The highest BCUT2D eigenvalue weighted by molar-refractivity contribution is 7.03. The largest absolute Gasteiger partial charge is 0.312 e. The summed E-state index contributed by atoms with van der Waals surface area (Å²) >= 11 is 0. The van der Waals surface area contributed by atoms with Crippen LogP contribution in [-0.2, 0) is 0 Å². The lowest BCUT2D eigenvalue weighted by molar-refractivity contribution is 1.26. The summed E-state index contributed by atoms with van der Waals surface area (Å²) in [6.45, 7) is 7.51. The predicted octanol–water partition coefficient (Wildman–Crippen LogP) is 12.8. The maximum atomic E-state index is 2.45. The fourth-order valence-electron chi connectivity index (χ4n) is 14.6. The van der Waals surface area contributed by atoms with Gasteiger partial charge in [0, 0.05) is 51.2 Å². The molecule has 378 valence electrons. The number of rotatable bonds is 3. The van der Waals surface area contributed by atoms with Crippen molar-refractivity contribution in [2.75, 3.05) is 14.7 Å². The number of para-hydroxylation sites is 4. The smallest absolute Gasteiger partial charge is 0.248 e. The van der Waals surface area contributed by atoms with Gasteiger partial charge in [0.1, 0.15) is 0 Å². The molecule has 6 aliphatic rings. The second-order valence-corrected chi connectivity index (χ2v) is 22.4. The molecule has 0 radical (unpaired) electrons. The van der Waals surface area contributed by atoms with Crippen molar-refractivity contribution in [3.05, 3.63) is 290 Å². The Labute approximate surface area is 476 Å². The highest BCUT2D eigenvalue weighted by Gasteiger charge is 2.45. The zero-order chi connectivity index (χ0) is 53.9. The lowest BCUT2D eigenvalue weighted by Crippen LogP contribution is -2.54. The van der Waals surface area contributed by atoms with Crippen LogP contribution in [0.1, 0.15) is 16.7 Å². The Morgan fingerprint density at radius 3 is 1.14 bits per heavy atom. The van der Waals surface area contributed by atoms with Crippen molar-refractivity contribution in [2.24, 2.45) is 0 Å². The lowest BCUT2D eigenvalue weighted by atomic mass is 9.37. The van der Waals surface area contributed by atoms with E-state index in [-0.39, 0.29) is 0 Å². The molecule has 0 atom stereocenters. The summed E-state index contributed by atoms with van der Waals surface area (Å²) in [5.41, 5.74) is 36.4. The molecular formula is C75H54B3N3. The van der Waals surface area contributed by atoms with Crippen molar-refractivity contribution in [2.45, 2.75) is 20.8 Å². The van der Waals surface area contributed by atoms with Gasteiger partial charge in [0.15, 0.2) is 0 Å². The molecule has 0 amide bonds. The van der Waals surface area contributed by atoms with Gasteiger partial charge in [-0.15, -0.1) is 0 Å². The summed E-state index contributed by atoms with van der Waals surface area (Å²) < 4.78 is 0. The molecule has 0 bridgehead atoms. The van der Waals surface area contributed by atoms with Crippen molar-refractivity contribution in [1.82, 2.24) is 0 Å². The van der Waals surface area contributed by atoms with Crippen LogP contribution in [-0.4, -0.2) is 20.1 Å². The standard InChI is InChI=1S/3C25H18BN/c1-17-13-15-18(16-14-17)27-23-11-5-4-10-22(23)26-21-9-3-2-7-19(21)20-8-6-12-24(27)25(20)26;1-17-9-7-15-22-25(17)27(18-10-3-2-4-11-18)23-16-8-13-20-19-12-5-6-14-21(19)26(22)24(20)23;1-17-14-15-22-24(16-17)27(18-8-3-2-4-9-18)23-13-7-11-20-19-10-5-6-12-21(19)26(22)25(20)23/h3*2-16H,1H3. The van der Waals surface area contributed by atoms with E-state index in [9.17, 15) is 0 Å². The van der Waals surface area contributed by atoms with Crippen LogP contribution in [0.3, 0.4) is 0 Å². The van der Waals surface area contributed by atoms with Crippen molar-refractivity contribution in [1.29, 1.82) is 0 Å². The molecule has 12 aromatic rings. The maximum Gasteiger partial charge on any atom is 0.248 e. The van der Waals surface area contributed by atoms with Crippen molar-refractivity contribution in [3.63, 3.8) is 0 Å². The van der Waals surface area contributed by atoms with Crippen LogP contribution in [0.25, 0.3) is 33.4 Å². The molecule has 0 saturated carbocycles. The summed E-state index contributed by atoms with van der Waals surface area (Å²) in [6.07, 6.45) is 0. The molecule has 0 spiro atoms. The molecule has 81 heavy (non-hydrogen) atoms. The monoisotopic (exact) mass is 1030 g/mol. The van der Waals surface area contributed by atoms with Crippen LogP contribution in [0.4, 0.5) is 51.2 Å². The van der Waals surface area contributed by atoms with Crippen LogP contribution < -0.4 is 63.9 Å². The molecule has 0 fully saturated rings. The van der Waals surface area contributed by atoms with Crippen molar-refractivity contribution < 1.29 is 0 Å². The van der Waals surface area contributed by atoms with Crippen LogP contribution >= 0.6 is 0 Å². The minimum atomic E-state index is 0.322. The SMILES string of the molecule is Cc1ccc(N2c3ccccc3B3c4ccccc4-c4cccc2c43)cc1.Cc1ccc2c(c1)N(c1ccccc1)c1cccc3c1B2c1ccccc1-3.Cc1cccc2c1N(c1ccccc1)c1cccc3c1B2c1ccccc1-3. The predicted molar refractivity (Wildman–Crippen MR) is 348 cm³/mol. The third kappa shape index (κ3) is 7.19. The van der Waals surface area contributed by atoms with Gasteiger partial charge >= 0.3 is 0 Å². The fourth-order valence-corrected chi connectivity index (χ4v) is 14.6. The first-order valence-corrected chi connectivity index (χ1v) is 28.5. The number of hydrogen-bond acceptors (Lipinski definition) is 3. The first-order valence-electron chi connectivity index (χ1n) is 28.5. The van der Waals surface area contributed by atoms with Gasteiger partial charge < -0.3 is 14.7 Å². The van der Waals surface area contributed by atoms with Crippen LogP contribution in [0, 0.1) is 20.8 Å². The molecule has 0 saturated heterocycles. The summed E-state index contributed by atoms with van der Waals surface area (Å²) in [5, 5.41) is 0. The van der Waals surface area contributed by atoms with E-state index < -0.39 is 0 Å². The second-order valence-electron chi connectivity index (χ2n) is 22.4. The van der Waals surface area contributed by atoms with E-state index in [0.29, 0.717) is 20.1 Å². The van der Waals surface area contributed by atoms with Gasteiger partial charge in [0.05, 0.1) is 0 Å². The molecule has 0 N–H and O–H groups in total. The van der Waals surface area contributed by atoms with Crippen LogP contribution in [0.15, 0.2) is 273 Å². The fraction of sp³-hybridized carbons (Fsp3) is 0.0400. The Morgan fingerprint density at radius 2 is 0.593 bits per heavy atom. The number of fused-ring (bicyclic) bond motifs is 15. The van der Waals surface area contributed by atoms with Crippen molar-refractivity contribution >= 4 is 120 Å². The molecule has 6 aliphatic heterocycles. The minimum absolute atomic E-state index is 0.322. The van der Waals surface area contributed by atoms with Gasteiger partial charge in [-0.05, 0) is 165 Å². The highest BCUT2D eigenvalue weighted by Crippen LogP contribution is 2.44. The molecule has 0 unspecified atom stereocenters. The van der Waals surface area contributed by atoms with Crippen LogP contribution in [0.5, 0.6) is 0 Å². The van der Waals surface area contributed by atoms with Crippen LogP contribution in [0.2, 0.25) is 0 Å². The maximum absolute atomic E-state index is 2.45. The summed E-state index contributed by atoms with van der Waals surface area (Å²) in [4.78, 5) is 7.31. The van der Waals surface area contributed by atoms with E-state index >= 15 is 0 Å². The van der Waals surface area contributed by atoms with E-state index in [1.54, 1.807) is 0 Å². The number of aryl methyl sites for hydroxylation is 3. The zero-order valence-electron chi connectivity index (χ0n) is 45.6. The molecule has 12 aromatic carbocycles. The second kappa shape index (κ2) is 18.7.